The third-order valence-electron chi connectivity index (χ3n) is 0.576. The molecule has 0 aliphatic carbocycles. The Morgan fingerprint density at radius 1 is 1.50 bits per heavy atom. The quantitative estimate of drug-likeness (QED) is 0.494. The SMILES string of the molecule is CC(C)COP(=O)(O)O.[KH]. The number of hydrogen-bond donors (Lipinski definition) is 2. The molecular weight excluding hydrogens is 182 g/mol. The van der Waals surface area contributed by atoms with E-state index < -0.39 is 7.82 Å². The van der Waals surface area contributed by atoms with Crippen molar-refractivity contribution in [3.63, 3.8) is 0 Å². The van der Waals surface area contributed by atoms with Crippen LogP contribution in [0.4, 0.5) is 0 Å². The van der Waals surface area contributed by atoms with E-state index >= 15 is 0 Å². The second-order valence-electron chi connectivity index (χ2n) is 2.18. The van der Waals surface area contributed by atoms with Crippen LogP contribution in [0.2, 0.25) is 0 Å². The van der Waals surface area contributed by atoms with E-state index in [-0.39, 0.29) is 63.9 Å². The van der Waals surface area contributed by atoms with Crippen molar-refractivity contribution in [3.8, 4) is 0 Å². The van der Waals surface area contributed by atoms with E-state index in [0.717, 1.165) is 0 Å². The van der Waals surface area contributed by atoms with Crippen LogP contribution < -0.4 is 0 Å². The monoisotopic (exact) mass is 194 g/mol. The van der Waals surface area contributed by atoms with E-state index in [0.29, 0.717) is 0 Å². The van der Waals surface area contributed by atoms with Crippen molar-refractivity contribution in [2.24, 2.45) is 5.92 Å². The molecule has 0 aromatic rings. The topological polar surface area (TPSA) is 66.8 Å². The van der Waals surface area contributed by atoms with Gasteiger partial charge in [-0.05, 0) is 5.92 Å². The Morgan fingerprint density at radius 3 is 2.00 bits per heavy atom. The van der Waals surface area contributed by atoms with Crippen LogP contribution in [0.1, 0.15) is 13.8 Å². The summed E-state index contributed by atoms with van der Waals surface area (Å²) in [6, 6.07) is 0. The molecule has 4 nitrogen and oxygen atoms in total. The van der Waals surface area contributed by atoms with Crippen molar-refractivity contribution in [1.82, 2.24) is 0 Å². The molecule has 0 rings (SSSR count). The van der Waals surface area contributed by atoms with Gasteiger partial charge in [0.05, 0.1) is 6.61 Å². The zero-order valence-corrected chi connectivity index (χ0v) is 6.34. The summed E-state index contributed by atoms with van der Waals surface area (Å²) in [4.78, 5) is 16.3. The van der Waals surface area contributed by atoms with E-state index in [1.807, 2.05) is 13.8 Å². The van der Waals surface area contributed by atoms with Gasteiger partial charge in [0.1, 0.15) is 0 Å². The van der Waals surface area contributed by atoms with Crippen LogP contribution in [0, 0.1) is 5.92 Å². The molecular formula is C4H12KO4P. The third kappa shape index (κ3) is 12.4. The van der Waals surface area contributed by atoms with Gasteiger partial charge in [0.2, 0.25) is 0 Å². The van der Waals surface area contributed by atoms with Gasteiger partial charge in [0.25, 0.3) is 0 Å². The molecule has 0 aliphatic heterocycles. The van der Waals surface area contributed by atoms with Crippen LogP contribution in [0.15, 0.2) is 0 Å². The van der Waals surface area contributed by atoms with E-state index in [1.165, 1.54) is 0 Å². The molecule has 0 radical (unpaired) electrons. The summed E-state index contributed by atoms with van der Waals surface area (Å²) in [5, 5.41) is 0. The molecule has 58 valence electrons. The molecule has 0 bridgehead atoms. The zero-order valence-electron chi connectivity index (χ0n) is 5.44. The second kappa shape index (κ2) is 6.28. The molecule has 0 amide bonds. The van der Waals surface area contributed by atoms with Gasteiger partial charge in [-0.3, -0.25) is 4.52 Å². The standard InChI is InChI=1S/C4H11O4P.K.H/c1-4(2)3-8-9(5,6)7;;/h4H,3H2,1-2H3,(H2,5,6,7);;. The van der Waals surface area contributed by atoms with Gasteiger partial charge in [-0.1, -0.05) is 13.8 Å². The first-order chi connectivity index (χ1) is 3.92. The van der Waals surface area contributed by atoms with Crippen LogP contribution in [0.3, 0.4) is 0 Å². The summed E-state index contributed by atoms with van der Waals surface area (Å²) in [5.41, 5.74) is 0. The Bertz CT molecular complexity index is 120. The first kappa shape index (κ1) is 14.3. The van der Waals surface area contributed by atoms with Gasteiger partial charge < -0.3 is 9.79 Å². The Labute approximate surface area is 103 Å². The van der Waals surface area contributed by atoms with Gasteiger partial charge in [-0.25, -0.2) is 4.57 Å². The molecule has 0 saturated heterocycles. The molecule has 2 N–H and O–H groups in total. The summed E-state index contributed by atoms with van der Waals surface area (Å²) in [5.74, 6) is 0.151. The number of hydrogen-bond acceptors (Lipinski definition) is 2. The fourth-order valence-electron chi connectivity index (χ4n) is 0.246. The summed E-state index contributed by atoms with van der Waals surface area (Å²) >= 11 is 0. The first-order valence-electron chi connectivity index (χ1n) is 2.62. The average Bonchev–Trinajstić information content (AvgIpc) is 1.59. The van der Waals surface area contributed by atoms with Gasteiger partial charge in [-0.2, -0.15) is 0 Å². The van der Waals surface area contributed by atoms with E-state index in [4.69, 9.17) is 9.79 Å². The number of phosphoric acid groups is 1. The summed E-state index contributed by atoms with van der Waals surface area (Å²) in [6.45, 7) is 3.73. The Kier molecular flexibility index (Phi) is 8.97. The minimum atomic E-state index is -4.22. The fraction of sp³-hybridized carbons (Fsp3) is 1.00. The van der Waals surface area contributed by atoms with E-state index in [1.54, 1.807) is 0 Å². The van der Waals surface area contributed by atoms with Crippen molar-refractivity contribution < 1.29 is 18.9 Å². The maximum absolute atomic E-state index is 10.0. The molecule has 6 heteroatoms. The first-order valence-corrected chi connectivity index (χ1v) is 4.15. The van der Waals surface area contributed by atoms with Crippen LogP contribution in [0.5, 0.6) is 0 Å². The summed E-state index contributed by atoms with van der Waals surface area (Å²) < 4.78 is 14.2. The predicted octanol–water partition coefficient (Wildman–Crippen LogP) is 0.103. The molecule has 0 aromatic heterocycles. The summed E-state index contributed by atoms with van der Waals surface area (Å²) in [6.07, 6.45) is 0. The van der Waals surface area contributed by atoms with Crippen LogP contribution in [0.25, 0.3) is 0 Å². The van der Waals surface area contributed by atoms with Crippen molar-refractivity contribution in [1.29, 1.82) is 0 Å². The molecule has 10 heavy (non-hydrogen) atoms. The van der Waals surface area contributed by atoms with Gasteiger partial charge in [0, 0.05) is 0 Å². The molecule has 0 aliphatic rings. The molecule has 0 heterocycles. The second-order valence-corrected chi connectivity index (χ2v) is 3.42. The third-order valence-corrected chi connectivity index (χ3v) is 1.06. The predicted molar refractivity (Wildman–Crippen MR) is 40.0 cm³/mol. The molecule has 0 fully saturated rings. The molecule has 0 unspecified atom stereocenters. The van der Waals surface area contributed by atoms with Gasteiger partial charge in [0.15, 0.2) is 0 Å². The van der Waals surface area contributed by atoms with Crippen molar-refractivity contribution in [3.05, 3.63) is 0 Å². The molecule has 0 spiro atoms. The molecule has 0 saturated carbocycles. The molecule has 0 atom stereocenters. The Balaban J connectivity index is 0. The molecule has 0 aromatic carbocycles. The Hall–Kier alpha value is 1.75. The van der Waals surface area contributed by atoms with E-state index in [2.05, 4.69) is 4.52 Å². The van der Waals surface area contributed by atoms with Gasteiger partial charge in [-0.15, -0.1) is 0 Å². The number of phosphoric ester groups is 1. The van der Waals surface area contributed by atoms with Crippen molar-refractivity contribution in [2.45, 2.75) is 13.8 Å². The normalized spacial score (nSPS) is 11.3. The van der Waals surface area contributed by atoms with Crippen molar-refractivity contribution >= 4 is 59.2 Å². The number of rotatable bonds is 3. The average molecular weight is 194 g/mol. The van der Waals surface area contributed by atoms with Crippen LogP contribution in [-0.4, -0.2) is 67.8 Å². The van der Waals surface area contributed by atoms with Crippen LogP contribution in [-0.2, 0) is 9.09 Å². The Morgan fingerprint density at radius 2 is 1.90 bits per heavy atom. The summed E-state index contributed by atoms with van der Waals surface area (Å²) in [7, 11) is -4.22. The zero-order chi connectivity index (χ0) is 7.49. The fourth-order valence-corrected chi connectivity index (χ4v) is 0.739. The van der Waals surface area contributed by atoms with E-state index in [9.17, 15) is 4.57 Å². The minimum absolute atomic E-state index is 0. The van der Waals surface area contributed by atoms with Crippen LogP contribution >= 0.6 is 7.82 Å². The van der Waals surface area contributed by atoms with Gasteiger partial charge >= 0.3 is 59.2 Å². The van der Waals surface area contributed by atoms with Crippen molar-refractivity contribution in [2.75, 3.05) is 6.61 Å². The maximum atomic E-state index is 10.0.